The molecule has 10 heavy (non-hydrogen) atoms. The Morgan fingerprint density at radius 2 is 2.40 bits per heavy atom. The standard InChI is InChI=1S/C2H7N2O5P/c3-2(4-5)1-9-10(6,7)8/h5H,1H2,(H2,3,4)(H2,6,7,8)/p-1. The van der Waals surface area contributed by atoms with Gasteiger partial charge in [0.25, 0.3) is 7.82 Å². The van der Waals surface area contributed by atoms with Gasteiger partial charge in [-0.2, -0.15) is 0 Å². The second-order valence-electron chi connectivity index (χ2n) is 1.33. The molecular weight excluding hydrogens is 163 g/mol. The molecule has 0 aromatic rings. The molecule has 0 aromatic heterocycles. The Hall–Kier alpha value is -0.620. The van der Waals surface area contributed by atoms with Crippen LogP contribution in [0.2, 0.25) is 0 Å². The Morgan fingerprint density at radius 3 is 2.70 bits per heavy atom. The molecule has 0 fully saturated rings. The summed E-state index contributed by atoms with van der Waals surface area (Å²) in [7, 11) is -4.75. The Morgan fingerprint density at radius 1 is 1.90 bits per heavy atom. The highest BCUT2D eigenvalue weighted by molar-refractivity contribution is 7.44. The van der Waals surface area contributed by atoms with Gasteiger partial charge in [-0.1, -0.05) is 5.16 Å². The van der Waals surface area contributed by atoms with Gasteiger partial charge in [0.15, 0.2) is 5.84 Å². The van der Waals surface area contributed by atoms with E-state index in [-0.39, 0.29) is 0 Å². The smallest absolute Gasteiger partial charge is 0.265 e. The first-order valence-electron chi connectivity index (χ1n) is 2.10. The third-order valence-electron chi connectivity index (χ3n) is 0.504. The molecule has 60 valence electrons. The van der Waals surface area contributed by atoms with Gasteiger partial charge in [-0.15, -0.1) is 0 Å². The molecule has 1 atom stereocenters. The average Bonchev–Trinajstić information content (AvgIpc) is 1.81. The molecular formula is C2H6N2O5P-. The summed E-state index contributed by atoms with van der Waals surface area (Å²) in [5, 5.41) is 10.2. The number of hydrogen-bond acceptors (Lipinski definition) is 5. The van der Waals surface area contributed by atoms with E-state index in [2.05, 4.69) is 9.68 Å². The fraction of sp³-hybridized carbons (Fsp3) is 0.500. The van der Waals surface area contributed by atoms with Crippen LogP contribution < -0.4 is 10.6 Å². The molecule has 7 nitrogen and oxygen atoms in total. The van der Waals surface area contributed by atoms with Gasteiger partial charge in [0.1, 0.15) is 6.61 Å². The average molecular weight is 169 g/mol. The van der Waals surface area contributed by atoms with Gasteiger partial charge in [-0.3, -0.25) is 4.57 Å². The summed E-state index contributed by atoms with van der Waals surface area (Å²) in [5.74, 6) is -0.440. The van der Waals surface area contributed by atoms with Crippen LogP contribution in [0.3, 0.4) is 0 Å². The van der Waals surface area contributed by atoms with Crippen molar-refractivity contribution in [3.8, 4) is 0 Å². The SMILES string of the molecule is N/C(COP(=O)([O-])O)=N/O. The van der Waals surface area contributed by atoms with Crippen LogP contribution in [0.1, 0.15) is 0 Å². The Labute approximate surface area is 56.3 Å². The second kappa shape index (κ2) is 3.52. The minimum atomic E-state index is -4.75. The summed E-state index contributed by atoms with van der Waals surface area (Å²) in [6.07, 6.45) is 0. The zero-order valence-corrected chi connectivity index (χ0v) is 5.69. The van der Waals surface area contributed by atoms with Crippen LogP contribution in [-0.2, 0) is 9.09 Å². The summed E-state index contributed by atoms with van der Waals surface area (Å²) in [6.45, 7) is -0.659. The maximum absolute atomic E-state index is 9.82. The summed E-state index contributed by atoms with van der Waals surface area (Å²) in [6, 6.07) is 0. The summed E-state index contributed by atoms with van der Waals surface area (Å²) < 4.78 is 13.5. The molecule has 0 aromatic carbocycles. The number of phosphoric acid groups is 1. The third-order valence-corrected chi connectivity index (χ3v) is 0.959. The van der Waals surface area contributed by atoms with Crippen molar-refractivity contribution >= 4 is 13.7 Å². The maximum atomic E-state index is 9.82. The number of nitrogens with zero attached hydrogens (tertiary/aromatic N) is 1. The zero-order valence-electron chi connectivity index (χ0n) is 4.80. The number of rotatable bonds is 3. The monoisotopic (exact) mass is 169 g/mol. The molecule has 0 saturated carbocycles. The lowest BCUT2D eigenvalue weighted by molar-refractivity contribution is -0.218. The lowest BCUT2D eigenvalue weighted by Gasteiger charge is -2.13. The van der Waals surface area contributed by atoms with Crippen LogP contribution in [0.4, 0.5) is 0 Å². The van der Waals surface area contributed by atoms with Crippen molar-refractivity contribution in [1.82, 2.24) is 0 Å². The van der Waals surface area contributed by atoms with E-state index >= 15 is 0 Å². The van der Waals surface area contributed by atoms with E-state index < -0.39 is 20.3 Å². The molecule has 0 heterocycles. The molecule has 8 heteroatoms. The molecule has 0 aliphatic carbocycles. The first-order chi connectivity index (χ1) is 4.45. The van der Waals surface area contributed by atoms with Crippen LogP contribution in [0.25, 0.3) is 0 Å². The van der Waals surface area contributed by atoms with Crippen molar-refractivity contribution < 1.29 is 24.1 Å². The van der Waals surface area contributed by atoms with Gasteiger partial charge in [0.2, 0.25) is 0 Å². The van der Waals surface area contributed by atoms with E-state index in [1.54, 1.807) is 0 Å². The molecule has 0 bridgehead atoms. The molecule has 0 aliphatic heterocycles. The minimum absolute atomic E-state index is 0.440. The molecule has 0 saturated heterocycles. The van der Waals surface area contributed by atoms with Crippen molar-refractivity contribution in [2.24, 2.45) is 10.9 Å². The zero-order chi connectivity index (χ0) is 8.20. The van der Waals surface area contributed by atoms with E-state index in [1.165, 1.54) is 0 Å². The lowest BCUT2D eigenvalue weighted by Crippen LogP contribution is -2.19. The fourth-order valence-electron chi connectivity index (χ4n) is 0.177. The summed E-state index contributed by atoms with van der Waals surface area (Å²) in [5.41, 5.74) is 4.78. The molecule has 0 spiro atoms. The van der Waals surface area contributed by atoms with Crippen molar-refractivity contribution in [2.45, 2.75) is 0 Å². The topological polar surface area (TPSA) is 128 Å². The van der Waals surface area contributed by atoms with Gasteiger partial charge in [-0.05, 0) is 0 Å². The van der Waals surface area contributed by atoms with E-state index in [1.807, 2.05) is 0 Å². The van der Waals surface area contributed by atoms with Crippen LogP contribution in [0.5, 0.6) is 0 Å². The summed E-state index contributed by atoms with van der Waals surface area (Å²) in [4.78, 5) is 17.8. The van der Waals surface area contributed by atoms with Gasteiger partial charge in [0.05, 0.1) is 0 Å². The number of phosphoric ester groups is 1. The predicted molar refractivity (Wildman–Crippen MR) is 29.2 cm³/mol. The van der Waals surface area contributed by atoms with E-state index in [4.69, 9.17) is 15.8 Å². The van der Waals surface area contributed by atoms with E-state index in [0.717, 1.165) is 0 Å². The number of oxime groups is 1. The maximum Gasteiger partial charge on any atom is 0.265 e. The van der Waals surface area contributed by atoms with Crippen molar-refractivity contribution in [3.05, 3.63) is 0 Å². The second-order valence-corrected chi connectivity index (χ2v) is 2.53. The van der Waals surface area contributed by atoms with Gasteiger partial charge in [-0.25, -0.2) is 0 Å². The van der Waals surface area contributed by atoms with Crippen molar-refractivity contribution in [1.29, 1.82) is 0 Å². The van der Waals surface area contributed by atoms with Gasteiger partial charge < -0.3 is 25.3 Å². The number of nitrogens with two attached hydrogens (primary N) is 1. The van der Waals surface area contributed by atoms with Gasteiger partial charge in [0, 0.05) is 0 Å². The Balaban J connectivity index is 3.67. The van der Waals surface area contributed by atoms with Crippen LogP contribution >= 0.6 is 7.82 Å². The first kappa shape index (κ1) is 9.38. The molecule has 4 N–H and O–H groups in total. The van der Waals surface area contributed by atoms with Gasteiger partial charge >= 0.3 is 0 Å². The number of hydrogen-bond donors (Lipinski definition) is 3. The quantitative estimate of drug-likeness (QED) is 0.150. The molecule has 0 aliphatic rings. The van der Waals surface area contributed by atoms with Crippen LogP contribution in [-0.4, -0.2) is 22.5 Å². The highest BCUT2D eigenvalue weighted by Gasteiger charge is 2.02. The molecule has 0 radical (unpaired) electrons. The molecule has 1 unspecified atom stereocenters. The molecule has 0 amide bonds. The lowest BCUT2D eigenvalue weighted by atomic mass is 10.7. The Kier molecular flexibility index (Phi) is 3.31. The Bertz CT molecular complexity index is 172. The molecule has 0 rings (SSSR count). The van der Waals surface area contributed by atoms with E-state index in [9.17, 15) is 9.46 Å². The largest absolute Gasteiger partial charge is 0.756 e. The number of amidine groups is 1. The first-order valence-corrected chi connectivity index (χ1v) is 3.60. The fourth-order valence-corrected chi connectivity index (χ4v) is 0.472. The summed E-state index contributed by atoms with van der Waals surface area (Å²) >= 11 is 0. The van der Waals surface area contributed by atoms with E-state index in [0.29, 0.717) is 0 Å². The highest BCUT2D eigenvalue weighted by Crippen LogP contribution is 2.29. The minimum Gasteiger partial charge on any atom is -0.756 e. The van der Waals surface area contributed by atoms with Crippen LogP contribution in [0.15, 0.2) is 5.16 Å². The van der Waals surface area contributed by atoms with Crippen molar-refractivity contribution in [3.63, 3.8) is 0 Å². The normalized spacial score (nSPS) is 18.4. The van der Waals surface area contributed by atoms with Crippen molar-refractivity contribution in [2.75, 3.05) is 6.61 Å². The van der Waals surface area contributed by atoms with Crippen LogP contribution in [0, 0.1) is 0 Å². The highest BCUT2D eigenvalue weighted by atomic mass is 31.2. The third kappa shape index (κ3) is 5.52. The predicted octanol–water partition coefficient (Wildman–Crippen LogP) is -1.79.